The van der Waals surface area contributed by atoms with E-state index < -0.39 is 0 Å². The second-order valence-corrected chi connectivity index (χ2v) is 8.08. The first-order chi connectivity index (χ1) is 11.8. The van der Waals surface area contributed by atoms with Crippen LogP contribution in [0.25, 0.3) is 0 Å². The van der Waals surface area contributed by atoms with Crippen molar-refractivity contribution >= 4 is 17.5 Å². The van der Waals surface area contributed by atoms with Crippen molar-refractivity contribution in [3.8, 4) is 0 Å². The maximum absolute atomic E-state index is 13.5. The maximum atomic E-state index is 13.5. The van der Waals surface area contributed by atoms with Crippen molar-refractivity contribution in [1.82, 2.24) is 4.90 Å². The van der Waals surface area contributed by atoms with E-state index in [0.717, 1.165) is 0 Å². The molecular weight excluding hydrogens is 314 g/mol. The Hall–Kier alpha value is -1.97. The van der Waals surface area contributed by atoms with Crippen molar-refractivity contribution in [3.63, 3.8) is 0 Å². The molecule has 0 bridgehead atoms. The molecule has 0 radical (unpaired) electrons. The van der Waals surface area contributed by atoms with Crippen molar-refractivity contribution in [2.24, 2.45) is 0 Å². The second-order valence-electron chi connectivity index (χ2n) is 8.08. The molecule has 0 atom stereocenters. The van der Waals surface area contributed by atoms with E-state index in [9.17, 15) is 14.4 Å². The number of carbonyl (C=O) groups excluding carboxylic acids is 3. The molecule has 0 aliphatic heterocycles. The molecule has 4 heteroatoms. The largest absolute Gasteiger partial charge is 0.328 e. The van der Waals surface area contributed by atoms with Crippen LogP contribution in [0.15, 0.2) is 30.3 Å². The van der Waals surface area contributed by atoms with E-state index in [1.807, 2.05) is 35.2 Å². The van der Waals surface area contributed by atoms with E-state index in [0.29, 0.717) is 56.9 Å². The fraction of sp³-hybridized carbons (Fsp3) is 0.571. The van der Waals surface area contributed by atoms with Crippen LogP contribution >= 0.6 is 0 Å². The molecule has 1 amide bonds. The minimum Gasteiger partial charge on any atom is -0.328 e. The smallest absolute Gasteiger partial charge is 0.254 e. The Morgan fingerprint density at radius 1 is 0.800 bits per heavy atom. The Bertz CT molecular complexity index is 626. The van der Waals surface area contributed by atoms with Gasteiger partial charge in [0.05, 0.1) is 0 Å². The fourth-order valence-corrected chi connectivity index (χ4v) is 4.43. The zero-order valence-corrected chi connectivity index (χ0v) is 15.2. The van der Waals surface area contributed by atoms with Gasteiger partial charge < -0.3 is 4.90 Å². The number of nitrogens with zero attached hydrogens (tertiary/aromatic N) is 1. The number of rotatable bonds is 3. The molecule has 0 spiro atoms. The van der Waals surface area contributed by atoms with E-state index in [4.69, 9.17) is 0 Å². The van der Waals surface area contributed by atoms with Gasteiger partial charge in [-0.05, 0) is 51.7 Å². The van der Waals surface area contributed by atoms with Crippen LogP contribution in [-0.2, 0) is 9.59 Å². The van der Waals surface area contributed by atoms with Gasteiger partial charge >= 0.3 is 0 Å². The summed E-state index contributed by atoms with van der Waals surface area (Å²) in [5.41, 5.74) is 0.00474. The molecule has 4 nitrogen and oxygen atoms in total. The van der Waals surface area contributed by atoms with Crippen LogP contribution in [0.4, 0.5) is 0 Å². The number of Topliss-reactive ketones (excluding diaryl/α,β-unsaturated/α-hetero) is 2. The summed E-state index contributed by atoms with van der Waals surface area (Å²) in [4.78, 5) is 39.0. The lowest BCUT2D eigenvalue weighted by Gasteiger charge is -2.54. The highest BCUT2D eigenvalue weighted by Crippen LogP contribution is 2.43. The number of hydrogen-bond donors (Lipinski definition) is 0. The van der Waals surface area contributed by atoms with Crippen LogP contribution in [-0.4, -0.2) is 33.5 Å². The van der Waals surface area contributed by atoms with Gasteiger partial charge in [-0.2, -0.15) is 0 Å². The SMILES string of the molecule is CC1(N(C(=O)c2ccccc2)C2(C)CCC(=O)CC2)CCC(=O)CC1. The van der Waals surface area contributed by atoms with E-state index in [1.54, 1.807) is 0 Å². The number of amides is 1. The molecule has 0 saturated heterocycles. The van der Waals surface area contributed by atoms with E-state index in [-0.39, 0.29) is 28.6 Å². The quantitative estimate of drug-likeness (QED) is 0.837. The first-order valence-corrected chi connectivity index (χ1v) is 9.27. The first kappa shape index (κ1) is 17.8. The van der Waals surface area contributed by atoms with Crippen molar-refractivity contribution in [3.05, 3.63) is 35.9 Å². The Labute approximate surface area is 149 Å². The number of benzene rings is 1. The summed E-state index contributed by atoms with van der Waals surface area (Å²) >= 11 is 0. The summed E-state index contributed by atoms with van der Waals surface area (Å²) in [6, 6.07) is 9.37. The fourth-order valence-electron chi connectivity index (χ4n) is 4.43. The standard InChI is InChI=1S/C21H27NO3/c1-20(12-8-17(23)9-13-20)22(19(25)16-6-4-3-5-7-16)21(2)14-10-18(24)11-15-21/h3-7H,8-15H2,1-2H3. The molecule has 1 aromatic carbocycles. The monoisotopic (exact) mass is 341 g/mol. The number of carbonyl (C=O) groups is 3. The average Bonchev–Trinajstić information content (AvgIpc) is 2.61. The average molecular weight is 341 g/mol. The highest BCUT2D eigenvalue weighted by molar-refractivity contribution is 5.95. The molecule has 134 valence electrons. The molecule has 25 heavy (non-hydrogen) atoms. The van der Waals surface area contributed by atoms with Crippen LogP contribution in [0.5, 0.6) is 0 Å². The summed E-state index contributed by atoms with van der Waals surface area (Å²) in [7, 11) is 0. The Kier molecular flexibility index (Phi) is 4.81. The van der Waals surface area contributed by atoms with Crippen LogP contribution in [0, 0.1) is 0 Å². The van der Waals surface area contributed by atoms with Crippen molar-refractivity contribution in [1.29, 1.82) is 0 Å². The zero-order valence-electron chi connectivity index (χ0n) is 15.2. The predicted octanol–water partition coefficient (Wildman–Crippen LogP) is 3.93. The van der Waals surface area contributed by atoms with Gasteiger partial charge in [-0.15, -0.1) is 0 Å². The van der Waals surface area contributed by atoms with Gasteiger partial charge in [0.15, 0.2) is 0 Å². The van der Waals surface area contributed by atoms with E-state index in [1.165, 1.54) is 0 Å². The molecule has 0 N–H and O–H groups in total. The molecule has 2 aliphatic carbocycles. The lowest BCUT2D eigenvalue weighted by atomic mass is 9.73. The number of hydrogen-bond acceptors (Lipinski definition) is 3. The molecule has 3 rings (SSSR count). The van der Waals surface area contributed by atoms with Crippen LogP contribution in [0.3, 0.4) is 0 Å². The summed E-state index contributed by atoms with van der Waals surface area (Å²) in [5, 5.41) is 0. The minimum absolute atomic E-state index is 0.0225. The van der Waals surface area contributed by atoms with Gasteiger partial charge in [0.2, 0.25) is 0 Å². The molecule has 2 saturated carbocycles. The van der Waals surface area contributed by atoms with E-state index in [2.05, 4.69) is 13.8 Å². The van der Waals surface area contributed by atoms with Crippen LogP contribution in [0.2, 0.25) is 0 Å². The van der Waals surface area contributed by atoms with Gasteiger partial charge in [0.1, 0.15) is 11.6 Å². The van der Waals surface area contributed by atoms with E-state index >= 15 is 0 Å². The molecule has 0 aromatic heterocycles. The van der Waals surface area contributed by atoms with Crippen LogP contribution < -0.4 is 0 Å². The van der Waals surface area contributed by atoms with Crippen molar-refractivity contribution < 1.29 is 14.4 Å². The molecule has 0 unspecified atom stereocenters. The van der Waals surface area contributed by atoms with Gasteiger partial charge in [-0.3, -0.25) is 14.4 Å². The molecular formula is C21H27NO3. The first-order valence-electron chi connectivity index (χ1n) is 9.27. The lowest BCUT2D eigenvalue weighted by molar-refractivity contribution is -0.126. The molecule has 2 fully saturated rings. The highest BCUT2D eigenvalue weighted by Gasteiger charge is 2.48. The molecule has 1 aromatic rings. The van der Waals surface area contributed by atoms with Gasteiger partial charge in [0.25, 0.3) is 5.91 Å². The maximum Gasteiger partial charge on any atom is 0.254 e. The summed E-state index contributed by atoms with van der Waals surface area (Å²) in [6.45, 7) is 4.23. The Morgan fingerprint density at radius 2 is 1.20 bits per heavy atom. The highest BCUT2D eigenvalue weighted by atomic mass is 16.2. The van der Waals surface area contributed by atoms with Crippen molar-refractivity contribution in [2.45, 2.75) is 76.3 Å². The second kappa shape index (κ2) is 6.74. The zero-order chi connectivity index (χ0) is 18.1. The normalized spacial score (nSPS) is 22.5. The van der Waals surface area contributed by atoms with Crippen LogP contribution in [0.1, 0.15) is 75.6 Å². The summed E-state index contributed by atoms with van der Waals surface area (Å²) in [6.07, 6.45) is 4.94. The number of ketones is 2. The lowest BCUT2D eigenvalue weighted by Crippen LogP contribution is -2.62. The Morgan fingerprint density at radius 3 is 1.60 bits per heavy atom. The third kappa shape index (κ3) is 3.53. The summed E-state index contributed by atoms with van der Waals surface area (Å²) in [5.74, 6) is 0.594. The third-order valence-electron chi connectivity index (χ3n) is 6.07. The summed E-state index contributed by atoms with van der Waals surface area (Å²) < 4.78 is 0. The minimum atomic E-state index is -0.337. The van der Waals surface area contributed by atoms with Crippen molar-refractivity contribution in [2.75, 3.05) is 0 Å². The van der Waals surface area contributed by atoms with Gasteiger partial charge in [-0.1, -0.05) is 18.2 Å². The third-order valence-corrected chi connectivity index (χ3v) is 6.07. The van der Waals surface area contributed by atoms with Gasteiger partial charge in [-0.25, -0.2) is 0 Å². The Balaban J connectivity index is 1.98. The predicted molar refractivity (Wildman–Crippen MR) is 96.4 cm³/mol. The van der Waals surface area contributed by atoms with Gasteiger partial charge in [0, 0.05) is 42.3 Å². The molecule has 0 heterocycles. The molecule has 2 aliphatic rings. The topological polar surface area (TPSA) is 54.5 Å².